The molecule has 2 aromatic heterocycles. The summed E-state index contributed by atoms with van der Waals surface area (Å²) in [4.78, 5) is 12.5. The number of carbonyl (C=O) groups excluding carboxylic acids is 1. The second-order valence-corrected chi connectivity index (χ2v) is 7.47. The lowest BCUT2D eigenvalue weighted by molar-refractivity contribution is -0.113. The molecule has 1 unspecified atom stereocenters. The van der Waals surface area contributed by atoms with E-state index in [-0.39, 0.29) is 17.8 Å². The van der Waals surface area contributed by atoms with Gasteiger partial charge in [0.15, 0.2) is 5.16 Å². The maximum Gasteiger partial charge on any atom is 0.235 e. The molecule has 0 bridgehead atoms. The van der Waals surface area contributed by atoms with E-state index in [4.69, 9.17) is 4.74 Å². The van der Waals surface area contributed by atoms with Gasteiger partial charge in [0.1, 0.15) is 18.2 Å². The summed E-state index contributed by atoms with van der Waals surface area (Å²) >= 11 is 1.33. The Balaban J connectivity index is 1.75. The van der Waals surface area contributed by atoms with E-state index in [2.05, 4.69) is 21.6 Å². The van der Waals surface area contributed by atoms with Crippen LogP contribution in [-0.4, -0.2) is 43.7 Å². The number of hydrogen-bond acceptors (Lipinski definition) is 6. The zero-order chi connectivity index (χ0) is 19.4. The van der Waals surface area contributed by atoms with Crippen molar-refractivity contribution in [3.63, 3.8) is 0 Å². The number of ether oxygens (including phenoxy) is 1. The number of aryl methyl sites for hydroxylation is 1. The second-order valence-electron chi connectivity index (χ2n) is 6.53. The lowest BCUT2D eigenvalue weighted by atomic mass is 10.2. The van der Waals surface area contributed by atoms with E-state index in [0.717, 1.165) is 37.3 Å². The average Bonchev–Trinajstić information content (AvgIpc) is 3.38. The molecule has 1 amide bonds. The van der Waals surface area contributed by atoms with Gasteiger partial charge in [0.05, 0.1) is 24.0 Å². The van der Waals surface area contributed by atoms with Crippen LogP contribution >= 0.6 is 11.8 Å². The van der Waals surface area contributed by atoms with E-state index in [9.17, 15) is 10.1 Å². The van der Waals surface area contributed by atoms with Crippen LogP contribution < -0.4 is 5.32 Å². The first kappa shape index (κ1) is 19.5. The van der Waals surface area contributed by atoms with E-state index >= 15 is 0 Å². The molecule has 1 aliphatic rings. The Morgan fingerprint density at radius 3 is 3.00 bits per heavy atom. The maximum atomic E-state index is 12.5. The van der Waals surface area contributed by atoms with Crippen molar-refractivity contribution < 1.29 is 9.53 Å². The summed E-state index contributed by atoms with van der Waals surface area (Å²) in [6.07, 6.45) is 3.81. The molecule has 0 aromatic carbocycles. The molecule has 1 fully saturated rings. The number of anilines is 1. The quantitative estimate of drug-likeness (QED) is 0.732. The zero-order valence-electron chi connectivity index (χ0n) is 15.9. The Morgan fingerprint density at radius 2 is 2.33 bits per heavy atom. The van der Waals surface area contributed by atoms with Gasteiger partial charge in [0, 0.05) is 18.8 Å². The van der Waals surface area contributed by atoms with E-state index in [1.54, 1.807) is 6.33 Å². The van der Waals surface area contributed by atoms with Crippen molar-refractivity contribution in [2.45, 2.75) is 58.0 Å². The molecular weight excluding hydrogens is 364 g/mol. The maximum absolute atomic E-state index is 12.5. The summed E-state index contributed by atoms with van der Waals surface area (Å²) in [5.74, 6) is 0.589. The van der Waals surface area contributed by atoms with Crippen LogP contribution in [0.4, 0.5) is 5.82 Å². The van der Waals surface area contributed by atoms with E-state index < -0.39 is 0 Å². The summed E-state index contributed by atoms with van der Waals surface area (Å²) < 4.78 is 9.62. The molecule has 1 aliphatic heterocycles. The number of aromatic nitrogens is 4. The van der Waals surface area contributed by atoms with Crippen molar-refractivity contribution in [2.75, 3.05) is 17.7 Å². The molecule has 1 N–H and O–H groups in total. The van der Waals surface area contributed by atoms with E-state index in [1.807, 2.05) is 29.9 Å². The third-order valence-electron chi connectivity index (χ3n) is 4.86. The van der Waals surface area contributed by atoms with Gasteiger partial charge in [-0.3, -0.25) is 4.79 Å². The van der Waals surface area contributed by atoms with E-state index in [0.29, 0.717) is 23.1 Å². The van der Waals surface area contributed by atoms with Crippen LogP contribution in [0.2, 0.25) is 0 Å². The largest absolute Gasteiger partial charge is 0.376 e. The molecule has 1 atom stereocenters. The zero-order valence-corrected chi connectivity index (χ0v) is 16.7. The minimum atomic E-state index is -0.173. The second kappa shape index (κ2) is 8.59. The smallest absolute Gasteiger partial charge is 0.235 e. The van der Waals surface area contributed by atoms with Crippen LogP contribution in [0.3, 0.4) is 0 Å². The highest BCUT2D eigenvalue weighted by atomic mass is 32.2. The van der Waals surface area contributed by atoms with Gasteiger partial charge in [-0.25, -0.2) is 0 Å². The molecule has 1 saturated heterocycles. The number of nitrogens with one attached hydrogen (secondary N) is 1. The first-order valence-electron chi connectivity index (χ1n) is 9.07. The van der Waals surface area contributed by atoms with Crippen LogP contribution in [0.25, 0.3) is 0 Å². The first-order chi connectivity index (χ1) is 13.0. The lowest BCUT2D eigenvalue weighted by Gasteiger charge is -2.16. The van der Waals surface area contributed by atoms with Crippen molar-refractivity contribution in [1.82, 2.24) is 19.3 Å². The van der Waals surface area contributed by atoms with Crippen molar-refractivity contribution in [3.8, 4) is 6.07 Å². The van der Waals surface area contributed by atoms with Gasteiger partial charge in [-0.05, 0) is 39.2 Å². The highest BCUT2D eigenvalue weighted by Crippen LogP contribution is 2.28. The Kier molecular flexibility index (Phi) is 6.19. The van der Waals surface area contributed by atoms with Gasteiger partial charge in [0.2, 0.25) is 5.91 Å². The number of nitrogens with zero attached hydrogens (tertiary/aromatic N) is 5. The molecule has 0 spiro atoms. The molecule has 27 heavy (non-hydrogen) atoms. The number of rotatable bonds is 7. The number of hydrogen-bond donors (Lipinski definition) is 1. The molecule has 3 rings (SSSR count). The minimum absolute atomic E-state index is 0.121. The van der Waals surface area contributed by atoms with Gasteiger partial charge in [-0.15, -0.1) is 10.2 Å². The molecule has 144 valence electrons. The molecule has 0 saturated carbocycles. The fourth-order valence-electron chi connectivity index (χ4n) is 3.22. The number of nitriles is 1. The van der Waals surface area contributed by atoms with Crippen LogP contribution in [0.15, 0.2) is 11.5 Å². The van der Waals surface area contributed by atoms with Gasteiger partial charge in [0.25, 0.3) is 0 Å². The first-order valence-corrected chi connectivity index (χ1v) is 10.1. The summed E-state index contributed by atoms with van der Waals surface area (Å²) in [6.45, 7) is 8.04. The molecule has 8 nitrogen and oxygen atoms in total. The van der Waals surface area contributed by atoms with E-state index in [1.165, 1.54) is 11.8 Å². The van der Waals surface area contributed by atoms with Crippen LogP contribution in [-0.2, 0) is 22.6 Å². The Labute approximate surface area is 162 Å². The SMILES string of the molecule is CCn1cnnc1SCC(=O)Nc1c(C#N)c(C)c(C)n1CC1CCCO1. The standard InChI is InChI=1S/C18H24N6O2S/c1-4-23-11-20-22-18(23)27-10-16(25)21-17-15(8-19)12(2)13(3)24(17)9-14-6-5-7-26-14/h11,14H,4-7,9-10H2,1-3H3,(H,21,25). The highest BCUT2D eigenvalue weighted by molar-refractivity contribution is 7.99. The fraction of sp³-hybridized carbons (Fsp3) is 0.556. The monoisotopic (exact) mass is 388 g/mol. The van der Waals surface area contributed by atoms with Crippen molar-refractivity contribution in [1.29, 1.82) is 5.26 Å². The summed E-state index contributed by atoms with van der Waals surface area (Å²) in [7, 11) is 0. The van der Waals surface area contributed by atoms with Crippen molar-refractivity contribution in [2.24, 2.45) is 0 Å². The van der Waals surface area contributed by atoms with Crippen LogP contribution in [0.1, 0.15) is 36.6 Å². The summed E-state index contributed by atoms with van der Waals surface area (Å²) in [5, 5.41) is 21.1. The minimum Gasteiger partial charge on any atom is -0.376 e. The van der Waals surface area contributed by atoms with Crippen LogP contribution in [0.5, 0.6) is 0 Å². The number of carbonyl (C=O) groups is 1. The summed E-state index contributed by atoms with van der Waals surface area (Å²) in [5.41, 5.74) is 2.39. The van der Waals surface area contributed by atoms with Gasteiger partial charge < -0.3 is 19.2 Å². The van der Waals surface area contributed by atoms with Gasteiger partial charge in [-0.1, -0.05) is 11.8 Å². The predicted molar refractivity (Wildman–Crippen MR) is 103 cm³/mol. The Bertz CT molecular complexity index is 860. The Hall–Kier alpha value is -2.31. The molecule has 2 aromatic rings. The van der Waals surface area contributed by atoms with Gasteiger partial charge >= 0.3 is 0 Å². The topological polar surface area (TPSA) is 97.8 Å². The summed E-state index contributed by atoms with van der Waals surface area (Å²) in [6, 6.07) is 2.23. The lowest BCUT2D eigenvalue weighted by Crippen LogP contribution is -2.22. The van der Waals surface area contributed by atoms with Crippen LogP contribution in [0, 0.1) is 25.2 Å². The molecule has 0 aliphatic carbocycles. The third kappa shape index (κ3) is 4.17. The highest BCUT2D eigenvalue weighted by Gasteiger charge is 2.24. The normalized spacial score (nSPS) is 16.4. The number of amides is 1. The molecule has 3 heterocycles. The van der Waals surface area contributed by atoms with Crippen molar-refractivity contribution in [3.05, 3.63) is 23.1 Å². The third-order valence-corrected chi connectivity index (χ3v) is 5.84. The fourth-order valence-corrected chi connectivity index (χ4v) is 4.00. The predicted octanol–water partition coefficient (Wildman–Crippen LogP) is 2.50. The molecule has 9 heteroatoms. The number of thioether (sulfide) groups is 1. The van der Waals surface area contributed by atoms with Crippen molar-refractivity contribution >= 4 is 23.5 Å². The molecular formula is C18H24N6O2S. The van der Waals surface area contributed by atoms with Gasteiger partial charge in [-0.2, -0.15) is 5.26 Å². The molecule has 0 radical (unpaired) electrons. The average molecular weight is 388 g/mol. The Morgan fingerprint density at radius 1 is 1.52 bits per heavy atom.